The van der Waals surface area contributed by atoms with Gasteiger partial charge in [0.1, 0.15) is 11.6 Å². The fourth-order valence-corrected chi connectivity index (χ4v) is 3.86. The van der Waals surface area contributed by atoms with E-state index in [-0.39, 0.29) is 16.8 Å². The van der Waals surface area contributed by atoms with E-state index in [2.05, 4.69) is 10.6 Å². The lowest BCUT2D eigenvalue weighted by molar-refractivity contribution is -0.118. The van der Waals surface area contributed by atoms with Crippen molar-refractivity contribution in [2.45, 2.75) is 32.7 Å². The molecule has 1 heterocycles. The van der Waals surface area contributed by atoms with Crippen molar-refractivity contribution in [2.24, 2.45) is 5.41 Å². The summed E-state index contributed by atoms with van der Waals surface area (Å²) in [5.74, 6) is -1.11. The number of fused-ring (bicyclic) bond motifs is 1. The quantitative estimate of drug-likeness (QED) is 0.741. The summed E-state index contributed by atoms with van der Waals surface area (Å²) in [6.45, 7) is 4.08. The molecule has 5 heteroatoms. The van der Waals surface area contributed by atoms with Crippen LogP contribution in [-0.4, -0.2) is 5.78 Å². The van der Waals surface area contributed by atoms with Crippen LogP contribution in [-0.2, 0) is 4.79 Å². The average Bonchev–Trinajstić information content (AvgIpc) is 2.72. The highest BCUT2D eigenvalue weighted by Gasteiger charge is 2.39. The average molecular weight is 354 g/mol. The molecule has 0 amide bonds. The van der Waals surface area contributed by atoms with Gasteiger partial charge < -0.3 is 10.6 Å². The predicted octanol–water partition coefficient (Wildman–Crippen LogP) is 5.19. The van der Waals surface area contributed by atoms with Crippen molar-refractivity contribution < 1.29 is 13.6 Å². The Morgan fingerprint density at radius 2 is 1.77 bits per heavy atom. The van der Waals surface area contributed by atoms with Crippen molar-refractivity contribution >= 4 is 17.2 Å². The first kappa shape index (κ1) is 16.8. The van der Waals surface area contributed by atoms with Gasteiger partial charge in [-0.05, 0) is 42.2 Å². The Bertz CT molecular complexity index is 933. The number of carbonyl (C=O) groups excluding carboxylic acids is 1. The van der Waals surface area contributed by atoms with Gasteiger partial charge in [-0.25, -0.2) is 8.78 Å². The number of anilines is 2. The molecule has 2 aromatic rings. The molecule has 0 unspecified atom stereocenters. The third-order valence-corrected chi connectivity index (χ3v) is 4.99. The summed E-state index contributed by atoms with van der Waals surface area (Å²) in [7, 11) is 0. The maximum absolute atomic E-state index is 14.5. The van der Waals surface area contributed by atoms with Gasteiger partial charge in [-0.1, -0.05) is 26.0 Å². The first-order valence-electron chi connectivity index (χ1n) is 8.68. The SMILES string of the molecule is CC1(C)CC(=O)C2=C(C1)Nc1ccccc1N[C@@H]2c1cc(F)ccc1F. The molecule has 0 spiro atoms. The number of hydrogen-bond acceptors (Lipinski definition) is 3. The Hall–Kier alpha value is -2.69. The Balaban J connectivity index is 1.93. The third-order valence-electron chi connectivity index (χ3n) is 4.99. The minimum atomic E-state index is -0.736. The molecule has 0 radical (unpaired) electrons. The summed E-state index contributed by atoms with van der Waals surface area (Å²) in [5, 5.41) is 6.61. The largest absolute Gasteiger partial charge is 0.372 e. The van der Waals surface area contributed by atoms with Crippen LogP contribution in [0.4, 0.5) is 20.2 Å². The minimum absolute atomic E-state index is 0.0438. The molecule has 4 rings (SSSR count). The molecular weight excluding hydrogens is 334 g/mol. The highest BCUT2D eigenvalue weighted by Crippen LogP contribution is 2.45. The van der Waals surface area contributed by atoms with Crippen molar-refractivity contribution in [1.82, 2.24) is 0 Å². The highest BCUT2D eigenvalue weighted by molar-refractivity contribution is 6.01. The molecule has 0 saturated carbocycles. The first-order valence-corrected chi connectivity index (χ1v) is 8.68. The molecule has 0 bridgehead atoms. The van der Waals surface area contributed by atoms with Crippen LogP contribution >= 0.6 is 0 Å². The van der Waals surface area contributed by atoms with Crippen LogP contribution in [0.5, 0.6) is 0 Å². The van der Waals surface area contributed by atoms with E-state index in [1.165, 1.54) is 6.07 Å². The van der Waals surface area contributed by atoms with Gasteiger partial charge >= 0.3 is 0 Å². The number of halogens is 2. The van der Waals surface area contributed by atoms with E-state index in [0.29, 0.717) is 18.4 Å². The van der Waals surface area contributed by atoms with Gasteiger partial charge in [-0.3, -0.25) is 4.79 Å². The number of rotatable bonds is 1. The topological polar surface area (TPSA) is 41.1 Å². The molecule has 134 valence electrons. The molecule has 2 aromatic carbocycles. The number of nitrogens with one attached hydrogen (secondary N) is 2. The van der Waals surface area contributed by atoms with Gasteiger partial charge in [0.15, 0.2) is 5.78 Å². The summed E-state index contributed by atoms with van der Waals surface area (Å²) >= 11 is 0. The van der Waals surface area contributed by atoms with Gasteiger partial charge in [0, 0.05) is 23.3 Å². The van der Waals surface area contributed by atoms with Gasteiger partial charge in [0.2, 0.25) is 0 Å². The molecule has 26 heavy (non-hydrogen) atoms. The summed E-state index contributed by atoms with van der Waals surface area (Å²) < 4.78 is 28.4. The lowest BCUT2D eigenvalue weighted by Gasteiger charge is -2.34. The Kier molecular flexibility index (Phi) is 3.83. The van der Waals surface area contributed by atoms with Gasteiger partial charge in [-0.2, -0.15) is 0 Å². The standard InChI is InChI=1S/C21H20F2N2O/c1-21(2)10-17-19(18(26)11-21)20(13-9-12(22)7-8-14(13)23)25-16-6-4-3-5-15(16)24-17/h3-9,20,24-25H,10-11H2,1-2H3/t20-/m1/s1. The zero-order chi connectivity index (χ0) is 18.5. The lowest BCUT2D eigenvalue weighted by atomic mass is 9.73. The molecule has 1 aliphatic heterocycles. The van der Waals surface area contributed by atoms with Crippen molar-refractivity contribution in [1.29, 1.82) is 0 Å². The Labute approximate surface area is 151 Å². The molecule has 1 atom stereocenters. The molecule has 3 nitrogen and oxygen atoms in total. The summed E-state index contributed by atoms with van der Waals surface area (Å²) in [4.78, 5) is 13.0. The minimum Gasteiger partial charge on any atom is -0.372 e. The number of para-hydroxylation sites is 2. The van der Waals surface area contributed by atoms with Crippen molar-refractivity contribution in [3.05, 3.63) is 70.9 Å². The van der Waals surface area contributed by atoms with E-state index in [1.807, 2.05) is 38.1 Å². The first-order chi connectivity index (χ1) is 12.3. The zero-order valence-corrected chi connectivity index (χ0v) is 14.7. The zero-order valence-electron chi connectivity index (χ0n) is 14.7. The van der Waals surface area contributed by atoms with Crippen LogP contribution in [0.15, 0.2) is 53.7 Å². The molecule has 2 aliphatic rings. The van der Waals surface area contributed by atoms with E-state index in [0.717, 1.165) is 29.2 Å². The summed E-state index contributed by atoms with van der Waals surface area (Å²) in [6, 6.07) is 10.1. The van der Waals surface area contributed by atoms with Crippen LogP contribution in [0.3, 0.4) is 0 Å². The van der Waals surface area contributed by atoms with E-state index >= 15 is 0 Å². The van der Waals surface area contributed by atoms with Gasteiger partial charge in [-0.15, -0.1) is 0 Å². The molecule has 1 aliphatic carbocycles. The monoisotopic (exact) mass is 354 g/mol. The van der Waals surface area contributed by atoms with Crippen LogP contribution in [0.2, 0.25) is 0 Å². The number of ketones is 1. The van der Waals surface area contributed by atoms with Crippen LogP contribution in [0.25, 0.3) is 0 Å². The van der Waals surface area contributed by atoms with Crippen molar-refractivity contribution in [3.63, 3.8) is 0 Å². The Morgan fingerprint density at radius 1 is 1.04 bits per heavy atom. The van der Waals surface area contributed by atoms with Crippen molar-refractivity contribution in [2.75, 3.05) is 10.6 Å². The van der Waals surface area contributed by atoms with Gasteiger partial charge in [0.25, 0.3) is 0 Å². The molecule has 0 fully saturated rings. The third kappa shape index (κ3) is 2.87. The van der Waals surface area contributed by atoms with Crippen molar-refractivity contribution in [3.8, 4) is 0 Å². The van der Waals surface area contributed by atoms with E-state index in [4.69, 9.17) is 0 Å². The second kappa shape index (κ2) is 5.94. The number of allylic oxidation sites excluding steroid dienone is 1. The smallest absolute Gasteiger partial charge is 0.163 e. The number of hydrogen-bond donors (Lipinski definition) is 2. The molecule has 0 aromatic heterocycles. The summed E-state index contributed by atoms with van der Waals surface area (Å²) in [6.07, 6.45) is 1.04. The van der Waals surface area contributed by atoms with Crippen LogP contribution in [0, 0.1) is 17.0 Å². The lowest BCUT2D eigenvalue weighted by Crippen LogP contribution is -2.31. The number of benzene rings is 2. The number of carbonyl (C=O) groups is 1. The predicted molar refractivity (Wildman–Crippen MR) is 97.8 cm³/mol. The van der Waals surface area contributed by atoms with Gasteiger partial charge in [0.05, 0.1) is 17.4 Å². The Morgan fingerprint density at radius 3 is 2.54 bits per heavy atom. The second-order valence-corrected chi connectivity index (χ2v) is 7.75. The van der Waals surface area contributed by atoms with E-state index in [1.54, 1.807) is 0 Å². The summed E-state index contributed by atoms with van der Waals surface area (Å²) in [5.41, 5.74) is 2.80. The second-order valence-electron chi connectivity index (χ2n) is 7.75. The number of Topliss-reactive ketones (excluding diaryl/α,β-unsaturated/α-hetero) is 1. The maximum Gasteiger partial charge on any atom is 0.163 e. The molecule has 2 N–H and O–H groups in total. The van der Waals surface area contributed by atoms with E-state index in [9.17, 15) is 13.6 Å². The molecule has 0 saturated heterocycles. The van der Waals surface area contributed by atoms with Crippen LogP contribution in [0.1, 0.15) is 38.3 Å². The van der Waals surface area contributed by atoms with E-state index < -0.39 is 17.7 Å². The fraction of sp³-hybridized carbons (Fsp3) is 0.286. The highest BCUT2D eigenvalue weighted by atomic mass is 19.1. The maximum atomic E-state index is 14.5. The molecular formula is C21H20F2N2O. The van der Waals surface area contributed by atoms with Crippen LogP contribution < -0.4 is 10.6 Å². The fourth-order valence-electron chi connectivity index (χ4n) is 3.86. The normalized spacial score (nSPS) is 21.2.